The standard InChI is InChI=1S/C23H17NO4/c1-15(25)24-17-9-12-21-20(14-17)23(26)22(28-21)13-16-7-10-19(11-8-16)27-18-5-3-2-4-6-18/h2-14H,1H3,(H,24,25)/b22-13-. The van der Waals surface area contributed by atoms with Crippen LogP contribution in [-0.4, -0.2) is 11.7 Å². The summed E-state index contributed by atoms with van der Waals surface area (Å²) in [4.78, 5) is 23.8. The number of carbonyl (C=O) groups is 2. The summed E-state index contributed by atoms with van der Waals surface area (Å²) in [6.45, 7) is 1.42. The van der Waals surface area contributed by atoms with Crippen LogP contribution in [0.4, 0.5) is 5.69 Å². The zero-order valence-electron chi connectivity index (χ0n) is 15.1. The number of ether oxygens (including phenoxy) is 2. The highest BCUT2D eigenvalue weighted by Crippen LogP contribution is 2.34. The van der Waals surface area contributed by atoms with Crippen molar-refractivity contribution in [3.63, 3.8) is 0 Å². The number of Topliss-reactive ketones (excluding diaryl/α,β-unsaturated/α-hetero) is 1. The maximum Gasteiger partial charge on any atom is 0.232 e. The number of allylic oxidation sites excluding steroid dienone is 1. The first-order valence-electron chi connectivity index (χ1n) is 8.77. The number of ketones is 1. The number of hydrogen-bond donors (Lipinski definition) is 1. The molecule has 0 radical (unpaired) electrons. The number of para-hydroxylation sites is 1. The van der Waals surface area contributed by atoms with Crippen LogP contribution in [0.5, 0.6) is 17.2 Å². The maximum atomic E-state index is 12.6. The quantitative estimate of drug-likeness (QED) is 0.652. The molecule has 1 N–H and O–H groups in total. The molecule has 138 valence electrons. The topological polar surface area (TPSA) is 64.6 Å². The SMILES string of the molecule is CC(=O)Nc1ccc2c(c1)C(=O)/C(=C/c1ccc(Oc3ccccc3)cc1)O2. The Balaban J connectivity index is 1.51. The van der Waals surface area contributed by atoms with E-state index in [1.807, 2.05) is 54.6 Å². The highest BCUT2D eigenvalue weighted by atomic mass is 16.5. The Bertz CT molecular complexity index is 1070. The minimum Gasteiger partial charge on any atom is -0.457 e. The van der Waals surface area contributed by atoms with Gasteiger partial charge in [0.1, 0.15) is 17.2 Å². The van der Waals surface area contributed by atoms with Crippen LogP contribution in [0.1, 0.15) is 22.8 Å². The first kappa shape index (κ1) is 17.5. The fourth-order valence-corrected chi connectivity index (χ4v) is 2.88. The molecule has 0 saturated heterocycles. The molecule has 1 aliphatic heterocycles. The van der Waals surface area contributed by atoms with Gasteiger partial charge in [-0.3, -0.25) is 9.59 Å². The normalized spacial score (nSPS) is 13.8. The number of benzene rings is 3. The molecule has 1 heterocycles. The van der Waals surface area contributed by atoms with Gasteiger partial charge in [0, 0.05) is 12.6 Å². The number of carbonyl (C=O) groups excluding carboxylic acids is 2. The molecule has 0 saturated carbocycles. The summed E-state index contributed by atoms with van der Waals surface area (Å²) in [5.41, 5.74) is 1.81. The molecule has 4 rings (SSSR count). The van der Waals surface area contributed by atoms with Gasteiger partial charge in [0.2, 0.25) is 11.7 Å². The van der Waals surface area contributed by atoms with Gasteiger partial charge in [0.05, 0.1) is 5.56 Å². The summed E-state index contributed by atoms with van der Waals surface area (Å²) in [5.74, 6) is 1.77. The molecule has 0 bridgehead atoms. The molecule has 0 unspecified atom stereocenters. The number of rotatable bonds is 4. The van der Waals surface area contributed by atoms with Crippen molar-refractivity contribution < 1.29 is 19.1 Å². The summed E-state index contributed by atoms with van der Waals surface area (Å²) < 4.78 is 11.4. The lowest BCUT2D eigenvalue weighted by molar-refractivity contribution is -0.114. The second-order valence-electron chi connectivity index (χ2n) is 6.32. The second-order valence-corrected chi connectivity index (χ2v) is 6.32. The van der Waals surface area contributed by atoms with Crippen LogP contribution in [0.2, 0.25) is 0 Å². The first-order valence-corrected chi connectivity index (χ1v) is 8.77. The van der Waals surface area contributed by atoms with Crippen LogP contribution in [0.25, 0.3) is 6.08 Å². The van der Waals surface area contributed by atoms with Gasteiger partial charge >= 0.3 is 0 Å². The first-order chi connectivity index (χ1) is 13.6. The molecule has 0 atom stereocenters. The van der Waals surface area contributed by atoms with Crippen molar-refractivity contribution in [2.24, 2.45) is 0 Å². The van der Waals surface area contributed by atoms with E-state index < -0.39 is 0 Å². The van der Waals surface area contributed by atoms with E-state index in [1.54, 1.807) is 24.3 Å². The van der Waals surface area contributed by atoms with Gasteiger partial charge in [-0.1, -0.05) is 30.3 Å². The van der Waals surface area contributed by atoms with Gasteiger partial charge < -0.3 is 14.8 Å². The van der Waals surface area contributed by atoms with Gasteiger partial charge in [-0.2, -0.15) is 0 Å². The minimum absolute atomic E-state index is 0.195. The van der Waals surface area contributed by atoms with Crippen LogP contribution in [0, 0.1) is 0 Å². The van der Waals surface area contributed by atoms with Gasteiger partial charge in [-0.05, 0) is 54.1 Å². The Labute approximate surface area is 162 Å². The molecule has 0 aromatic heterocycles. The van der Waals surface area contributed by atoms with Crippen molar-refractivity contribution >= 4 is 23.5 Å². The van der Waals surface area contributed by atoms with Crippen molar-refractivity contribution in [1.29, 1.82) is 0 Å². The largest absolute Gasteiger partial charge is 0.457 e. The van der Waals surface area contributed by atoms with Crippen LogP contribution in [0.15, 0.2) is 78.6 Å². The number of nitrogens with one attached hydrogen (secondary N) is 1. The molecule has 0 fully saturated rings. The molecular weight excluding hydrogens is 354 g/mol. The van der Waals surface area contributed by atoms with Crippen LogP contribution in [-0.2, 0) is 4.79 Å². The number of anilines is 1. The summed E-state index contributed by atoms with van der Waals surface area (Å²) in [6, 6.07) is 21.9. The average Bonchev–Trinajstić information content (AvgIpc) is 2.99. The number of amides is 1. The van der Waals surface area contributed by atoms with Crippen molar-refractivity contribution in [2.75, 3.05) is 5.32 Å². The molecule has 28 heavy (non-hydrogen) atoms. The minimum atomic E-state index is -0.216. The van der Waals surface area contributed by atoms with E-state index in [0.29, 0.717) is 22.7 Å². The third kappa shape index (κ3) is 3.78. The van der Waals surface area contributed by atoms with E-state index >= 15 is 0 Å². The second kappa shape index (κ2) is 7.40. The molecule has 3 aromatic carbocycles. The Morgan fingerprint density at radius 2 is 1.68 bits per heavy atom. The highest BCUT2D eigenvalue weighted by molar-refractivity contribution is 6.15. The number of hydrogen-bond acceptors (Lipinski definition) is 4. The van der Waals surface area contributed by atoms with Crippen molar-refractivity contribution in [1.82, 2.24) is 0 Å². The zero-order chi connectivity index (χ0) is 19.5. The van der Waals surface area contributed by atoms with E-state index in [0.717, 1.165) is 11.3 Å². The van der Waals surface area contributed by atoms with E-state index in [1.165, 1.54) is 6.92 Å². The summed E-state index contributed by atoms with van der Waals surface area (Å²) in [5, 5.41) is 2.67. The summed E-state index contributed by atoms with van der Waals surface area (Å²) in [6.07, 6.45) is 1.69. The molecular formula is C23H17NO4. The smallest absolute Gasteiger partial charge is 0.232 e. The molecule has 5 heteroatoms. The van der Waals surface area contributed by atoms with Crippen molar-refractivity contribution in [3.05, 3.63) is 89.7 Å². The van der Waals surface area contributed by atoms with Crippen LogP contribution < -0.4 is 14.8 Å². The Kier molecular flexibility index (Phi) is 4.64. The van der Waals surface area contributed by atoms with E-state index in [9.17, 15) is 9.59 Å². The molecule has 0 aliphatic carbocycles. The predicted octanol–water partition coefficient (Wildman–Crippen LogP) is 5.05. The lowest BCUT2D eigenvalue weighted by Crippen LogP contribution is -2.06. The third-order valence-electron chi connectivity index (χ3n) is 4.15. The lowest BCUT2D eigenvalue weighted by atomic mass is 10.1. The van der Waals surface area contributed by atoms with Crippen molar-refractivity contribution in [3.8, 4) is 17.2 Å². The van der Waals surface area contributed by atoms with E-state index in [4.69, 9.17) is 9.47 Å². The number of fused-ring (bicyclic) bond motifs is 1. The van der Waals surface area contributed by atoms with Gasteiger partial charge in [-0.15, -0.1) is 0 Å². The fraction of sp³-hybridized carbons (Fsp3) is 0.0435. The van der Waals surface area contributed by atoms with Gasteiger partial charge in [0.25, 0.3) is 0 Å². The maximum absolute atomic E-state index is 12.6. The Morgan fingerprint density at radius 3 is 2.39 bits per heavy atom. The molecule has 0 spiro atoms. The van der Waals surface area contributed by atoms with Gasteiger partial charge in [0.15, 0.2) is 5.76 Å². The van der Waals surface area contributed by atoms with Crippen LogP contribution in [0.3, 0.4) is 0 Å². The monoisotopic (exact) mass is 371 g/mol. The predicted molar refractivity (Wildman–Crippen MR) is 107 cm³/mol. The summed E-state index contributed by atoms with van der Waals surface area (Å²) in [7, 11) is 0. The van der Waals surface area contributed by atoms with Gasteiger partial charge in [-0.25, -0.2) is 0 Å². The van der Waals surface area contributed by atoms with Crippen LogP contribution >= 0.6 is 0 Å². The Hall–Kier alpha value is -3.86. The molecule has 1 amide bonds. The Morgan fingerprint density at radius 1 is 0.964 bits per heavy atom. The average molecular weight is 371 g/mol. The third-order valence-corrected chi connectivity index (χ3v) is 4.15. The lowest BCUT2D eigenvalue weighted by Gasteiger charge is -2.05. The summed E-state index contributed by atoms with van der Waals surface area (Å²) >= 11 is 0. The van der Waals surface area contributed by atoms with E-state index in [2.05, 4.69) is 5.32 Å². The van der Waals surface area contributed by atoms with Crippen molar-refractivity contribution in [2.45, 2.75) is 6.92 Å². The van der Waals surface area contributed by atoms with E-state index in [-0.39, 0.29) is 17.4 Å². The molecule has 1 aliphatic rings. The molecule has 5 nitrogen and oxygen atoms in total. The fourth-order valence-electron chi connectivity index (χ4n) is 2.88. The highest BCUT2D eigenvalue weighted by Gasteiger charge is 2.27. The molecule has 3 aromatic rings. The zero-order valence-corrected chi connectivity index (χ0v) is 15.1.